The minimum Gasteiger partial charge on any atom is -0.390 e. The monoisotopic (exact) mass is 143 g/mol. The van der Waals surface area contributed by atoms with E-state index in [1.54, 1.807) is 6.08 Å². The Morgan fingerprint density at radius 2 is 2.33 bits per heavy atom. The molecule has 9 heavy (non-hydrogen) atoms. The van der Waals surface area contributed by atoms with Crippen LogP contribution < -0.4 is 5.73 Å². The molecule has 0 amide bonds. The molecule has 0 bridgehead atoms. The summed E-state index contributed by atoms with van der Waals surface area (Å²) >= 11 is 4.64. The summed E-state index contributed by atoms with van der Waals surface area (Å²) in [4.78, 5) is 0.478. The molecule has 0 aliphatic heterocycles. The fourth-order valence-corrected chi connectivity index (χ4v) is 0.618. The first-order valence-electron chi connectivity index (χ1n) is 3.23. The SMILES string of the molecule is CCCCC=CC(N)=S. The summed E-state index contributed by atoms with van der Waals surface area (Å²) in [6.07, 6.45) is 7.34. The van der Waals surface area contributed by atoms with Gasteiger partial charge in [-0.3, -0.25) is 0 Å². The molecule has 0 aliphatic rings. The van der Waals surface area contributed by atoms with Crippen LogP contribution in [-0.4, -0.2) is 4.99 Å². The van der Waals surface area contributed by atoms with E-state index in [1.807, 2.05) is 6.08 Å². The Bertz CT molecular complexity index is 107. The van der Waals surface area contributed by atoms with Crippen LogP contribution in [-0.2, 0) is 0 Å². The quantitative estimate of drug-likeness (QED) is 0.370. The average molecular weight is 143 g/mol. The fourth-order valence-electron chi connectivity index (χ4n) is 0.521. The highest BCUT2D eigenvalue weighted by atomic mass is 32.1. The summed E-state index contributed by atoms with van der Waals surface area (Å²) in [7, 11) is 0. The topological polar surface area (TPSA) is 26.0 Å². The maximum Gasteiger partial charge on any atom is 0.0958 e. The van der Waals surface area contributed by atoms with E-state index in [2.05, 4.69) is 19.1 Å². The Morgan fingerprint density at radius 1 is 1.67 bits per heavy atom. The second-order valence-corrected chi connectivity index (χ2v) is 2.42. The number of hydrogen-bond donors (Lipinski definition) is 1. The van der Waals surface area contributed by atoms with Gasteiger partial charge in [-0.2, -0.15) is 0 Å². The Kier molecular flexibility index (Phi) is 5.52. The first kappa shape index (κ1) is 8.63. The first-order chi connectivity index (χ1) is 4.27. The Hall–Kier alpha value is -0.370. The van der Waals surface area contributed by atoms with Gasteiger partial charge < -0.3 is 5.73 Å². The Balaban J connectivity index is 3.15. The highest BCUT2D eigenvalue weighted by Gasteiger charge is 1.78. The number of nitrogens with two attached hydrogens (primary N) is 1. The Morgan fingerprint density at radius 3 is 2.78 bits per heavy atom. The van der Waals surface area contributed by atoms with E-state index in [4.69, 9.17) is 5.73 Å². The standard InChI is InChI=1S/C7H13NS/c1-2-3-4-5-6-7(8)9/h5-6H,2-4H2,1H3,(H2,8,9). The number of thiocarbonyl (C=S) groups is 1. The molecule has 0 aromatic heterocycles. The maximum atomic E-state index is 5.22. The largest absolute Gasteiger partial charge is 0.390 e. The highest BCUT2D eigenvalue weighted by molar-refractivity contribution is 7.80. The third-order valence-corrected chi connectivity index (χ3v) is 1.14. The first-order valence-corrected chi connectivity index (χ1v) is 3.64. The van der Waals surface area contributed by atoms with Crippen LogP contribution >= 0.6 is 12.2 Å². The van der Waals surface area contributed by atoms with Crippen molar-refractivity contribution in [1.82, 2.24) is 0 Å². The van der Waals surface area contributed by atoms with E-state index in [0.717, 1.165) is 6.42 Å². The van der Waals surface area contributed by atoms with Crippen molar-refractivity contribution in [2.24, 2.45) is 5.73 Å². The van der Waals surface area contributed by atoms with Gasteiger partial charge in [0.2, 0.25) is 0 Å². The molecule has 2 heteroatoms. The third-order valence-electron chi connectivity index (χ3n) is 1.01. The van der Waals surface area contributed by atoms with Gasteiger partial charge in [-0.05, 0) is 12.5 Å². The molecule has 1 nitrogen and oxygen atoms in total. The van der Waals surface area contributed by atoms with Crippen molar-refractivity contribution < 1.29 is 0 Å². The number of unbranched alkanes of at least 4 members (excludes halogenated alkanes) is 2. The van der Waals surface area contributed by atoms with Gasteiger partial charge in [0.25, 0.3) is 0 Å². The van der Waals surface area contributed by atoms with E-state index in [-0.39, 0.29) is 0 Å². The van der Waals surface area contributed by atoms with Crippen LogP contribution in [0.3, 0.4) is 0 Å². The summed E-state index contributed by atoms with van der Waals surface area (Å²) in [5, 5.41) is 0. The molecule has 0 atom stereocenters. The lowest BCUT2D eigenvalue weighted by Crippen LogP contribution is -2.01. The lowest BCUT2D eigenvalue weighted by molar-refractivity contribution is 0.815. The molecule has 0 saturated heterocycles. The van der Waals surface area contributed by atoms with E-state index in [1.165, 1.54) is 12.8 Å². The van der Waals surface area contributed by atoms with Crippen LogP contribution in [0.15, 0.2) is 12.2 Å². The van der Waals surface area contributed by atoms with Crippen molar-refractivity contribution in [1.29, 1.82) is 0 Å². The van der Waals surface area contributed by atoms with Crippen LogP contribution in [0.4, 0.5) is 0 Å². The lowest BCUT2D eigenvalue weighted by atomic mass is 10.2. The smallest absolute Gasteiger partial charge is 0.0958 e. The predicted molar refractivity (Wildman–Crippen MR) is 45.5 cm³/mol. The number of hydrogen-bond acceptors (Lipinski definition) is 1. The zero-order valence-corrected chi connectivity index (χ0v) is 6.58. The third kappa shape index (κ3) is 7.63. The van der Waals surface area contributed by atoms with Crippen LogP contribution in [0.1, 0.15) is 26.2 Å². The lowest BCUT2D eigenvalue weighted by Gasteiger charge is -1.86. The number of rotatable bonds is 4. The number of allylic oxidation sites excluding steroid dienone is 1. The average Bonchev–Trinajstić information content (AvgIpc) is 1.80. The molecule has 2 N–H and O–H groups in total. The molecule has 0 unspecified atom stereocenters. The second kappa shape index (κ2) is 5.76. The minimum atomic E-state index is 0.478. The molecule has 0 fully saturated rings. The predicted octanol–water partition coefficient (Wildman–Crippen LogP) is 2.02. The van der Waals surface area contributed by atoms with E-state index >= 15 is 0 Å². The summed E-state index contributed by atoms with van der Waals surface area (Å²) in [5.74, 6) is 0. The van der Waals surface area contributed by atoms with Crippen molar-refractivity contribution in [2.75, 3.05) is 0 Å². The Labute approximate surface area is 61.9 Å². The zero-order valence-electron chi connectivity index (χ0n) is 5.76. The van der Waals surface area contributed by atoms with Gasteiger partial charge in [-0.15, -0.1) is 0 Å². The molecule has 0 radical (unpaired) electrons. The van der Waals surface area contributed by atoms with Gasteiger partial charge in [0.05, 0.1) is 4.99 Å². The van der Waals surface area contributed by atoms with Gasteiger partial charge in [-0.1, -0.05) is 38.1 Å². The molecule has 0 saturated carbocycles. The van der Waals surface area contributed by atoms with Crippen molar-refractivity contribution in [3.05, 3.63) is 12.2 Å². The van der Waals surface area contributed by atoms with Gasteiger partial charge in [0.15, 0.2) is 0 Å². The van der Waals surface area contributed by atoms with E-state index in [0.29, 0.717) is 4.99 Å². The van der Waals surface area contributed by atoms with Crippen LogP contribution in [0.5, 0.6) is 0 Å². The van der Waals surface area contributed by atoms with Gasteiger partial charge in [0.1, 0.15) is 0 Å². The van der Waals surface area contributed by atoms with Crippen LogP contribution in [0.25, 0.3) is 0 Å². The molecule has 0 aliphatic carbocycles. The van der Waals surface area contributed by atoms with Crippen molar-refractivity contribution in [3.8, 4) is 0 Å². The van der Waals surface area contributed by atoms with Crippen molar-refractivity contribution >= 4 is 17.2 Å². The molecule has 0 spiro atoms. The normalized spacial score (nSPS) is 10.3. The molecular weight excluding hydrogens is 130 g/mol. The zero-order chi connectivity index (χ0) is 7.11. The summed E-state index contributed by atoms with van der Waals surface area (Å²) < 4.78 is 0. The summed E-state index contributed by atoms with van der Waals surface area (Å²) in [6.45, 7) is 2.16. The maximum absolute atomic E-state index is 5.22. The minimum absolute atomic E-state index is 0.478. The molecule has 0 aromatic rings. The molecule has 52 valence electrons. The van der Waals surface area contributed by atoms with Crippen molar-refractivity contribution in [2.45, 2.75) is 26.2 Å². The van der Waals surface area contributed by atoms with Gasteiger partial charge in [0, 0.05) is 0 Å². The molecular formula is C7H13NS. The highest BCUT2D eigenvalue weighted by Crippen LogP contribution is 1.93. The van der Waals surface area contributed by atoms with E-state index < -0.39 is 0 Å². The molecule has 0 rings (SSSR count). The molecule has 0 aromatic carbocycles. The summed E-state index contributed by atoms with van der Waals surface area (Å²) in [5.41, 5.74) is 5.22. The second-order valence-electron chi connectivity index (χ2n) is 1.95. The molecule has 0 heterocycles. The van der Waals surface area contributed by atoms with Gasteiger partial charge >= 0.3 is 0 Å². The van der Waals surface area contributed by atoms with Crippen LogP contribution in [0.2, 0.25) is 0 Å². The summed E-state index contributed by atoms with van der Waals surface area (Å²) in [6, 6.07) is 0. The fraction of sp³-hybridized carbons (Fsp3) is 0.571. The van der Waals surface area contributed by atoms with E-state index in [9.17, 15) is 0 Å². The van der Waals surface area contributed by atoms with Crippen LogP contribution in [0, 0.1) is 0 Å². The van der Waals surface area contributed by atoms with Crippen molar-refractivity contribution in [3.63, 3.8) is 0 Å². The van der Waals surface area contributed by atoms with Gasteiger partial charge in [-0.25, -0.2) is 0 Å².